The van der Waals surface area contributed by atoms with Crippen molar-refractivity contribution in [3.63, 3.8) is 0 Å². The van der Waals surface area contributed by atoms with Crippen molar-refractivity contribution in [2.24, 2.45) is 5.41 Å². The highest BCUT2D eigenvalue weighted by Gasteiger charge is 2.59. The number of rotatable bonds is 4. The number of hydrogen-bond donors (Lipinski definition) is 2. The molecule has 2 atom stereocenters. The van der Waals surface area contributed by atoms with Gasteiger partial charge >= 0.3 is 0 Å². The summed E-state index contributed by atoms with van der Waals surface area (Å²) >= 11 is 0. The molecule has 0 bridgehead atoms. The Labute approximate surface area is 106 Å². The van der Waals surface area contributed by atoms with Gasteiger partial charge in [-0.3, -0.25) is 5.10 Å². The summed E-state index contributed by atoms with van der Waals surface area (Å²) in [6, 6.07) is -0.00361. The molecule has 1 heterocycles. The first-order chi connectivity index (χ1) is 8.58. The number of nitrogens with one attached hydrogen (secondary N) is 2. The van der Waals surface area contributed by atoms with Crippen molar-refractivity contribution in [1.82, 2.24) is 14.9 Å². The minimum Gasteiger partial charge on any atom is -0.381 e. The first-order valence-corrected chi connectivity index (χ1v) is 7.61. The molecule has 2 saturated carbocycles. The third-order valence-corrected chi connectivity index (χ3v) is 5.87. The predicted octanol–water partition coefficient (Wildman–Crippen LogP) is 0.646. The second-order valence-corrected chi connectivity index (χ2v) is 6.87. The van der Waals surface area contributed by atoms with E-state index in [1.54, 1.807) is 7.11 Å². The fraction of sp³-hybridized carbons (Fsp3) is 0.727. The van der Waals surface area contributed by atoms with Gasteiger partial charge in [0.2, 0.25) is 10.0 Å². The molecule has 2 aliphatic carbocycles. The number of ether oxygens (including phenoxy) is 1. The third kappa shape index (κ3) is 1.61. The number of aromatic amines is 1. The zero-order chi connectivity index (χ0) is 12.8. The summed E-state index contributed by atoms with van der Waals surface area (Å²) in [6.07, 6.45) is 6.92. The highest BCUT2D eigenvalue weighted by Crippen LogP contribution is 2.57. The molecule has 6 nitrogen and oxygen atoms in total. The maximum Gasteiger partial charge on any atom is 0.243 e. The summed E-state index contributed by atoms with van der Waals surface area (Å²) < 4.78 is 32.4. The maximum atomic E-state index is 12.1. The number of nitrogens with zero attached hydrogens (tertiary/aromatic N) is 1. The molecule has 0 aliphatic heterocycles. The van der Waals surface area contributed by atoms with Crippen LogP contribution < -0.4 is 4.72 Å². The van der Waals surface area contributed by atoms with E-state index in [2.05, 4.69) is 14.9 Å². The number of methoxy groups -OCH3 is 1. The van der Waals surface area contributed by atoms with Crippen LogP contribution in [0.4, 0.5) is 0 Å². The Morgan fingerprint density at radius 3 is 2.83 bits per heavy atom. The molecule has 2 unspecified atom stereocenters. The Balaban J connectivity index is 1.75. The van der Waals surface area contributed by atoms with Gasteiger partial charge in [-0.1, -0.05) is 6.42 Å². The van der Waals surface area contributed by atoms with Gasteiger partial charge < -0.3 is 4.74 Å². The molecule has 7 heteroatoms. The van der Waals surface area contributed by atoms with E-state index in [0.717, 1.165) is 25.7 Å². The minimum atomic E-state index is -3.46. The van der Waals surface area contributed by atoms with Gasteiger partial charge in [0.15, 0.2) is 0 Å². The SMILES string of the molecule is COC1CC(NS(=O)(=O)c2cn[nH]c2)C12CCC2. The van der Waals surface area contributed by atoms with Crippen LogP contribution in [-0.4, -0.2) is 37.9 Å². The molecule has 0 aromatic carbocycles. The molecular formula is C11H17N3O3S. The van der Waals surface area contributed by atoms with Gasteiger partial charge in [-0.15, -0.1) is 0 Å². The first-order valence-electron chi connectivity index (χ1n) is 6.12. The van der Waals surface area contributed by atoms with Crippen LogP contribution in [-0.2, 0) is 14.8 Å². The molecule has 2 aliphatic rings. The van der Waals surface area contributed by atoms with Crippen LogP contribution in [0.5, 0.6) is 0 Å². The quantitative estimate of drug-likeness (QED) is 0.842. The van der Waals surface area contributed by atoms with E-state index in [1.807, 2.05) is 0 Å². The monoisotopic (exact) mass is 271 g/mol. The van der Waals surface area contributed by atoms with Crippen molar-refractivity contribution in [1.29, 1.82) is 0 Å². The van der Waals surface area contributed by atoms with E-state index in [0.29, 0.717) is 0 Å². The molecule has 100 valence electrons. The lowest BCUT2D eigenvalue weighted by molar-refractivity contribution is -0.155. The zero-order valence-corrected chi connectivity index (χ0v) is 11.0. The Morgan fingerprint density at radius 1 is 1.56 bits per heavy atom. The minimum absolute atomic E-state index is 0.00361. The first kappa shape index (κ1) is 12.1. The summed E-state index contributed by atoms with van der Waals surface area (Å²) in [5.74, 6) is 0. The van der Waals surface area contributed by atoms with Crippen molar-refractivity contribution >= 4 is 10.0 Å². The molecule has 0 saturated heterocycles. The van der Waals surface area contributed by atoms with E-state index < -0.39 is 10.0 Å². The highest BCUT2D eigenvalue weighted by molar-refractivity contribution is 7.89. The van der Waals surface area contributed by atoms with E-state index >= 15 is 0 Å². The predicted molar refractivity (Wildman–Crippen MR) is 64.4 cm³/mol. The average Bonchev–Trinajstić information content (AvgIpc) is 2.75. The van der Waals surface area contributed by atoms with Gasteiger partial charge in [-0.05, 0) is 19.3 Å². The lowest BCUT2D eigenvalue weighted by atomic mass is 9.51. The van der Waals surface area contributed by atoms with Crippen molar-refractivity contribution in [2.45, 2.75) is 42.7 Å². The molecule has 0 amide bonds. The number of aromatic nitrogens is 2. The van der Waals surface area contributed by atoms with Crippen LogP contribution in [0.15, 0.2) is 17.3 Å². The van der Waals surface area contributed by atoms with Crippen molar-refractivity contribution in [2.75, 3.05) is 7.11 Å². The smallest absolute Gasteiger partial charge is 0.243 e. The van der Waals surface area contributed by atoms with Crippen LogP contribution in [0.2, 0.25) is 0 Å². The summed E-state index contributed by atoms with van der Waals surface area (Å²) in [4.78, 5) is 0.192. The van der Waals surface area contributed by atoms with Gasteiger partial charge in [-0.2, -0.15) is 5.10 Å². The fourth-order valence-electron chi connectivity index (χ4n) is 3.14. The van der Waals surface area contributed by atoms with Gasteiger partial charge in [-0.25, -0.2) is 13.1 Å². The molecule has 0 radical (unpaired) electrons. The Hall–Kier alpha value is -0.920. The van der Waals surface area contributed by atoms with Crippen molar-refractivity contribution in [3.8, 4) is 0 Å². The van der Waals surface area contributed by atoms with Crippen molar-refractivity contribution < 1.29 is 13.2 Å². The summed E-state index contributed by atoms with van der Waals surface area (Å²) in [5.41, 5.74) is 0.0333. The molecule has 1 spiro atoms. The fourth-order valence-corrected chi connectivity index (χ4v) is 4.38. The van der Waals surface area contributed by atoms with Gasteiger partial charge in [0.05, 0.1) is 12.3 Å². The Kier molecular flexibility index (Phi) is 2.72. The lowest BCUT2D eigenvalue weighted by Gasteiger charge is -2.60. The van der Waals surface area contributed by atoms with Gasteiger partial charge in [0.1, 0.15) is 4.90 Å². The Bertz CT molecular complexity index is 522. The van der Waals surface area contributed by atoms with E-state index in [9.17, 15) is 8.42 Å². The second kappa shape index (κ2) is 4.04. The summed E-state index contributed by atoms with van der Waals surface area (Å²) in [7, 11) is -1.76. The molecule has 18 heavy (non-hydrogen) atoms. The molecular weight excluding hydrogens is 254 g/mol. The van der Waals surface area contributed by atoms with Crippen LogP contribution in [0, 0.1) is 5.41 Å². The van der Waals surface area contributed by atoms with Gasteiger partial charge in [0.25, 0.3) is 0 Å². The average molecular weight is 271 g/mol. The zero-order valence-electron chi connectivity index (χ0n) is 10.2. The third-order valence-electron chi connectivity index (χ3n) is 4.43. The van der Waals surface area contributed by atoms with E-state index in [1.165, 1.54) is 12.4 Å². The largest absolute Gasteiger partial charge is 0.381 e. The van der Waals surface area contributed by atoms with Crippen LogP contribution >= 0.6 is 0 Å². The maximum absolute atomic E-state index is 12.1. The normalized spacial score (nSPS) is 29.8. The van der Waals surface area contributed by atoms with Crippen LogP contribution in [0.25, 0.3) is 0 Å². The van der Waals surface area contributed by atoms with Gasteiger partial charge in [0, 0.05) is 24.8 Å². The molecule has 3 rings (SSSR count). The van der Waals surface area contributed by atoms with E-state index in [-0.39, 0.29) is 22.5 Å². The molecule has 2 fully saturated rings. The topological polar surface area (TPSA) is 84.1 Å². The van der Waals surface area contributed by atoms with E-state index in [4.69, 9.17) is 4.74 Å². The summed E-state index contributed by atoms with van der Waals surface area (Å²) in [5, 5.41) is 6.19. The number of H-pyrrole nitrogens is 1. The number of sulfonamides is 1. The summed E-state index contributed by atoms with van der Waals surface area (Å²) in [6.45, 7) is 0. The van der Waals surface area contributed by atoms with Crippen molar-refractivity contribution in [3.05, 3.63) is 12.4 Å². The lowest BCUT2D eigenvalue weighted by Crippen LogP contribution is -2.67. The van der Waals surface area contributed by atoms with Crippen LogP contribution in [0.3, 0.4) is 0 Å². The highest BCUT2D eigenvalue weighted by atomic mass is 32.2. The standard InChI is InChI=1S/C11H17N3O3S/c1-17-10-5-9(11(10)3-2-4-11)14-18(15,16)8-6-12-13-7-8/h6-7,9-10,14H,2-5H2,1H3,(H,12,13). The molecule has 2 N–H and O–H groups in total. The number of hydrogen-bond acceptors (Lipinski definition) is 4. The second-order valence-electron chi connectivity index (χ2n) is 5.15. The Morgan fingerprint density at radius 2 is 2.33 bits per heavy atom. The van der Waals surface area contributed by atoms with Crippen LogP contribution in [0.1, 0.15) is 25.7 Å². The molecule has 1 aromatic rings. The molecule has 1 aromatic heterocycles.